The molecular weight excluding hydrogens is 202 g/mol. The Bertz CT molecular complexity index is 383. The SMILES string of the molecule is CN1CCN(C(C#N)c2cnn(C)c2)CC1. The summed E-state index contributed by atoms with van der Waals surface area (Å²) in [5.74, 6) is 0. The number of nitriles is 1. The predicted octanol–water partition coefficient (Wildman–Crippen LogP) is 0.232. The van der Waals surface area contributed by atoms with E-state index in [1.165, 1.54) is 0 Å². The molecule has 86 valence electrons. The van der Waals surface area contributed by atoms with Crippen LogP contribution in [0.25, 0.3) is 0 Å². The van der Waals surface area contributed by atoms with Gasteiger partial charge in [0.2, 0.25) is 0 Å². The maximum atomic E-state index is 9.26. The molecule has 1 saturated heterocycles. The summed E-state index contributed by atoms with van der Waals surface area (Å²) in [4.78, 5) is 4.51. The van der Waals surface area contributed by atoms with Gasteiger partial charge >= 0.3 is 0 Å². The van der Waals surface area contributed by atoms with E-state index in [4.69, 9.17) is 0 Å². The van der Waals surface area contributed by atoms with Gasteiger partial charge in [-0.25, -0.2) is 0 Å². The highest BCUT2D eigenvalue weighted by atomic mass is 15.3. The maximum absolute atomic E-state index is 9.26. The fraction of sp³-hybridized carbons (Fsp3) is 0.636. The van der Waals surface area contributed by atoms with Crippen molar-refractivity contribution >= 4 is 0 Å². The van der Waals surface area contributed by atoms with Crippen LogP contribution in [0.3, 0.4) is 0 Å². The minimum absolute atomic E-state index is 0.151. The first-order chi connectivity index (χ1) is 7.70. The Balaban J connectivity index is 2.09. The minimum atomic E-state index is -0.151. The van der Waals surface area contributed by atoms with Crippen molar-refractivity contribution in [1.29, 1.82) is 5.26 Å². The number of likely N-dealkylation sites (N-methyl/N-ethyl adjacent to an activating group) is 1. The van der Waals surface area contributed by atoms with Crippen molar-refractivity contribution < 1.29 is 0 Å². The molecule has 16 heavy (non-hydrogen) atoms. The molecule has 2 heterocycles. The summed E-state index contributed by atoms with van der Waals surface area (Å²) in [6, 6.07) is 2.22. The van der Waals surface area contributed by atoms with Gasteiger partial charge in [0.15, 0.2) is 0 Å². The van der Waals surface area contributed by atoms with Gasteiger partial charge in [-0.1, -0.05) is 0 Å². The summed E-state index contributed by atoms with van der Waals surface area (Å²) in [7, 11) is 3.99. The number of hydrogen-bond acceptors (Lipinski definition) is 4. The molecule has 5 heteroatoms. The van der Waals surface area contributed by atoms with Gasteiger partial charge in [-0.15, -0.1) is 0 Å². The molecule has 1 unspecified atom stereocenters. The Hall–Kier alpha value is -1.38. The van der Waals surface area contributed by atoms with Crippen molar-refractivity contribution in [2.24, 2.45) is 7.05 Å². The highest BCUT2D eigenvalue weighted by Crippen LogP contribution is 2.20. The molecule has 1 aromatic heterocycles. The Morgan fingerprint density at radius 2 is 2.00 bits per heavy atom. The van der Waals surface area contributed by atoms with E-state index in [-0.39, 0.29) is 6.04 Å². The van der Waals surface area contributed by atoms with E-state index in [2.05, 4.69) is 28.0 Å². The average Bonchev–Trinajstić information content (AvgIpc) is 2.69. The minimum Gasteiger partial charge on any atom is -0.304 e. The number of rotatable bonds is 2. The van der Waals surface area contributed by atoms with Crippen LogP contribution in [0.4, 0.5) is 0 Å². The number of piperazine rings is 1. The molecule has 0 N–H and O–H groups in total. The second kappa shape index (κ2) is 4.64. The highest BCUT2D eigenvalue weighted by Gasteiger charge is 2.24. The quantitative estimate of drug-likeness (QED) is 0.714. The van der Waals surface area contributed by atoms with Gasteiger partial charge in [-0.05, 0) is 7.05 Å². The van der Waals surface area contributed by atoms with E-state index in [1.807, 2.05) is 13.2 Å². The van der Waals surface area contributed by atoms with Gasteiger partial charge in [0.25, 0.3) is 0 Å². The summed E-state index contributed by atoms with van der Waals surface area (Å²) in [5, 5.41) is 13.4. The van der Waals surface area contributed by atoms with E-state index in [0.717, 1.165) is 31.7 Å². The number of nitrogens with zero attached hydrogens (tertiary/aromatic N) is 5. The van der Waals surface area contributed by atoms with Gasteiger partial charge in [0, 0.05) is 45.0 Å². The molecule has 0 radical (unpaired) electrons. The number of hydrogen-bond donors (Lipinski definition) is 0. The van der Waals surface area contributed by atoms with Gasteiger partial charge in [-0.2, -0.15) is 10.4 Å². The number of aromatic nitrogens is 2. The van der Waals surface area contributed by atoms with Gasteiger partial charge in [0.1, 0.15) is 6.04 Å². The van der Waals surface area contributed by atoms with Crippen LogP contribution in [0, 0.1) is 11.3 Å². The lowest BCUT2D eigenvalue weighted by molar-refractivity contribution is 0.133. The standard InChI is InChI=1S/C11H17N5/c1-14-3-5-16(6-4-14)11(7-12)10-8-13-15(2)9-10/h8-9,11H,3-6H2,1-2H3. The lowest BCUT2D eigenvalue weighted by atomic mass is 10.1. The van der Waals surface area contributed by atoms with Gasteiger partial charge in [-0.3, -0.25) is 9.58 Å². The van der Waals surface area contributed by atoms with Crippen LogP contribution in [0.2, 0.25) is 0 Å². The predicted molar refractivity (Wildman–Crippen MR) is 60.6 cm³/mol. The zero-order chi connectivity index (χ0) is 11.5. The maximum Gasteiger partial charge on any atom is 0.126 e. The molecule has 0 aromatic carbocycles. The normalized spacial score (nSPS) is 20.6. The Morgan fingerprint density at radius 1 is 1.31 bits per heavy atom. The van der Waals surface area contributed by atoms with E-state index in [1.54, 1.807) is 10.9 Å². The molecule has 2 rings (SSSR count). The Kier molecular flexibility index (Phi) is 3.22. The van der Waals surface area contributed by atoms with Crippen LogP contribution in [-0.4, -0.2) is 52.8 Å². The van der Waals surface area contributed by atoms with Gasteiger partial charge in [0.05, 0.1) is 12.3 Å². The fourth-order valence-corrected chi connectivity index (χ4v) is 2.03. The van der Waals surface area contributed by atoms with Crippen LogP contribution in [0.1, 0.15) is 11.6 Å². The van der Waals surface area contributed by atoms with Gasteiger partial charge < -0.3 is 4.90 Å². The molecule has 5 nitrogen and oxygen atoms in total. The van der Waals surface area contributed by atoms with E-state index >= 15 is 0 Å². The van der Waals surface area contributed by atoms with Crippen LogP contribution in [-0.2, 0) is 7.05 Å². The smallest absolute Gasteiger partial charge is 0.126 e. The molecule has 0 bridgehead atoms. The van der Waals surface area contributed by atoms with Crippen molar-refractivity contribution in [2.75, 3.05) is 33.2 Å². The van der Waals surface area contributed by atoms with Crippen molar-refractivity contribution in [3.05, 3.63) is 18.0 Å². The molecular formula is C11H17N5. The average molecular weight is 219 g/mol. The van der Waals surface area contributed by atoms with Crippen LogP contribution >= 0.6 is 0 Å². The second-order valence-electron chi connectivity index (χ2n) is 4.32. The third-order valence-corrected chi connectivity index (χ3v) is 3.07. The third-order valence-electron chi connectivity index (χ3n) is 3.07. The van der Waals surface area contributed by atoms with E-state index < -0.39 is 0 Å². The molecule has 0 aliphatic carbocycles. The zero-order valence-corrected chi connectivity index (χ0v) is 9.80. The lowest BCUT2D eigenvalue weighted by Crippen LogP contribution is -2.45. The molecule has 0 saturated carbocycles. The van der Waals surface area contributed by atoms with Crippen LogP contribution < -0.4 is 0 Å². The fourth-order valence-electron chi connectivity index (χ4n) is 2.03. The summed E-state index contributed by atoms with van der Waals surface area (Å²) >= 11 is 0. The van der Waals surface area contributed by atoms with Crippen LogP contribution in [0.15, 0.2) is 12.4 Å². The first-order valence-corrected chi connectivity index (χ1v) is 5.51. The molecule has 0 amide bonds. The molecule has 0 spiro atoms. The first kappa shape index (κ1) is 11.1. The second-order valence-corrected chi connectivity index (χ2v) is 4.32. The summed E-state index contributed by atoms with van der Waals surface area (Å²) in [5.41, 5.74) is 0.995. The van der Waals surface area contributed by atoms with Crippen molar-refractivity contribution in [3.63, 3.8) is 0 Å². The summed E-state index contributed by atoms with van der Waals surface area (Å²) < 4.78 is 1.75. The van der Waals surface area contributed by atoms with Crippen molar-refractivity contribution in [1.82, 2.24) is 19.6 Å². The first-order valence-electron chi connectivity index (χ1n) is 5.51. The van der Waals surface area contributed by atoms with Crippen molar-refractivity contribution in [3.8, 4) is 6.07 Å². The molecule has 1 aliphatic rings. The Labute approximate surface area is 95.9 Å². The Morgan fingerprint density at radius 3 is 2.50 bits per heavy atom. The molecule has 1 aliphatic heterocycles. The van der Waals surface area contributed by atoms with Crippen LogP contribution in [0.5, 0.6) is 0 Å². The van der Waals surface area contributed by atoms with E-state index in [0.29, 0.717) is 0 Å². The summed E-state index contributed by atoms with van der Waals surface area (Å²) in [6.45, 7) is 3.95. The zero-order valence-electron chi connectivity index (χ0n) is 9.80. The third kappa shape index (κ3) is 2.23. The molecule has 1 atom stereocenters. The monoisotopic (exact) mass is 219 g/mol. The topological polar surface area (TPSA) is 48.1 Å². The molecule has 1 aromatic rings. The number of aryl methyl sites for hydroxylation is 1. The largest absolute Gasteiger partial charge is 0.304 e. The lowest BCUT2D eigenvalue weighted by Gasteiger charge is -2.34. The summed E-state index contributed by atoms with van der Waals surface area (Å²) in [6.07, 6.45) is 3.71. The van der Waals surface area contributed by atoms with E-state index in [9.17, 15) is 5.26 Å². The highest BCUT2D eigenvalue weighted by molar-refractivity contribution is 5.18. The molecule has 1 fully saturated rings. The van der Waals surface area contributed by atoms with Crippen molar-refractivity contribution in [2.45, 2.75) is 6.04 Å².